The molecule has 10 nitrogen and oxygen atoms in total. The monoisotopic (exact) mass is 494 g/mol. The Morgan fingerprint density at radius 1 is 1.11 bits per heavy atom. The number of nitrogens with zero attached hydrogens (tertiary/aromatic N) is 8. The molecule has 0 amide bonds. The maximum Gasteiger partial charge on any atom is 0.376 e. The van der Waals surface area contributed by atoms with Crippen LogP contribution in [0.3, 0.4) is 0 Å². The van der Waals surface area contributed by atoms with Gasteiger partial charge >= 0.3 is 5.97 Å². The number of esters is 1. The number of ether oxygens (including phenoxy) is 1. The van der Waals surface area contributed by atoms with Crippen molar-refractivity contribution in [3.8, 4) is 11.5 Å². The number of aromatic nitrogens is 7. The number of aryl methyl sites for hydroxylation is 1. The van der Waals surface area contributed by atoms with E-state index in [1.165, 1.54) is 6.07 Å². The Bertz CT molecular complexity index is 1420. The third kappa shape index (κ3) is 4.41. The number of anilines is 1. The molecule has 4 heterocycles. The van der Waals surface area contributed by atoms with Crippen LogP contribution in [0.4, 0.5) is 14.6 Å². The third-order valence-corrected chi connectivity index (χ3v) is 5.97. The van der Waals surface area contributed by atoms with Crippen LogP contribution in [0.25, 0.3) is 11.5 Å². The van der Waals surface area contributed by atoms with Crippen LogP contribution in [0.5, 0.6) is 0 Å². The van der Waals surface area contributed by atoms with Crippen LogP contribution in [-0.4, -0.2) is 53.6 Å². The molecule has 36 heavy (non-hydrogen) atoms. The molecule has 1 aromatic carbocycles. The van der Waals surface area contributed by atoms with Crippen LogP contribution in [0.1, 0.15) is 41.5 Å². The molecule has 1 aliphatic rings. The first-order valence-corrected chi connectivity index (χ1v) is 11.7. The van der Waals surface area contributed by atoms with Gasteiger partial charge in [-0.15, -0.1) is 10.2 Å². The zero-order valence-corrected chi connectivity index (χ0v) is 19.9. The van der Waals surface area contributed by atoms with Gasteiger partial charge in [0.1, 0.15) is 11.5 Å². The molecule has 0 atom stereocenters. The quantitative estimate of drug-likeness (QED) is 0.361. The fourth-order valence-corrected chi connectivity index (χ4v) is 4.16. The first-order valence-electron chi connectivity index (χ1n) is 11.7. The number of benzene rings is 1. The standard InChI is InChI=1S/C24H24F2N8O2/c1-3-16-11-19(31-34(16)13-15-7-5-6-8-17(15)25)21-27-12-18(26)22(28-21)32-9-10-33-20(14-32)29-30-23(33)24(35)36-4-2/h5-8,11-12H,3-4,9-10,13-14H2,1-2H3. The Hall–Kier alpha value is -4.22. The second-order valence-electron chi connectivity index (χ2n) is 8.22. The van der Waals surface area contributed by atoms with Gasteiger partial charge in [-0.1, -0.05) is 25.1 Å². The Balaban J connectivity index is 1.41. The highest BCUT2D eigenvalue weighted by Gasteiger charge is 2.28. The minimum atomic E-state index is -0.584. The molecule has 0 saturated heterocycles. The van der Waals surface area contributed by atoms with E-state index in [-0.39, 0.29) is 43.0 Å². The molecule has 4 aromatic rings. The second-order valence-corrected chi connectivity index (χ2v) is 8.22. The highest BCUT2D eigenvalue weighted by atomic mass is 19.1. The zero-order chi connectivity index (χ0) is 25.2. The smallest absolute Gasteiger partial charge is 0.376 e. The summed E-state index contributed by atoms with van der Waals surface area (Å²) >= 11 is 0. The summed E-state index contributed by atoms with van der Waals surface area (Å²) in [6.45, 7) is 5.15. The highest BCUT2D eigenvalue weighted by Crippen LogP contribution is 2.25. The molecule has 5 rings (SSSR count). The van der Waals surface area contributed by atoms with E-state index < -0.39 is 11.8 Å². The minimum absolute atomic E-state index is 0.105. The molecule has 186 valence electrons. The van der Waals surface area contributed by atoms with Gasteiger partial charge in [-0.3, -0.25) is 4.68 Å². The van der Waals surface area contributed by atoms with E-state index in [1.807, 2.05) is 13.0 Å². The molecule has 0 spiro atoms. The zero-order valence-electron chi connectivity index (χ0n) is 19.9. The lowest BCUT2D eigenvalue weighted by molar-refractivity contribution is 0.0505. The van der Waals surface area contributed by atoms with Crippen molar-refractivity contribution in [3.63, 3.8) is 0 Å². The SMILES string of the molecule is CCOC(=O)c1nnc2n1CCN(c1nc(-c3cc(CC)n(Cc4ccccc4F)n3)ncc1F)C2. The van der Waals surface area contributed by atoms with Crippen molar-refractivity contribution in [3.05, 3.63) is 71.1 Å². The predicted molar refractivity (Wildman–Crippen MR) is 125 cm³/mol. The largest absolute Gasteiger partial charge is 0.460 e. The van der Waals surface area contributed by atoms with Gasteiger partial charge < -0.3 is 14.2 Å². The van der Waals surface area contributed by atoms with E-state index in [2.05, 4.69) is 25.3 Å². The topological polar surface area (TPSA) is 104 Å². The molecule has 0 saturated carbocycles. The maximum atomic E-state index is 14.8. The van der Waals surface area contributed by atoms with Gasteiger partial charge in [0, 0.05) is 24.3 Å². The van der Waals surface area contributed by atoms with Gasteiger partial charge in [0.15, 0.2) is 23.3 Å². The molecular weight excluding hydrogens is 470 g/mol. The number of hydrogen-bond donors (Lipinski definition) is 0. The molecule has 12 heteroatoms. The molecule has 0 bridgehead atoms. The Morgan fingerprint density at radius 3 is 2.72 bits per heavy atom. The summed E-state index contributed by atoms with van der Waals surface area (Å²) in [5.41, 5.74) is 1.86. The van der Waals surface area contributed by atoms with Crippen LogP contribution < -0.4 is 4.90 Å². The van der Waals surface area contributed by atoms with Gasteiger partial charge in [-0.25, -0.2) is 23.5 Å². The van der Waals surface area contributed by atoms with Crippen molar-refractivity contribution < 1.29 is 18.3 Å². The fraction of sp³-hybridized carbons (Fsp3) is 0.333. The van der Waals surface area contributed by atoms with Crippen LogP contribution in [0, 0.1) is 11.6 Å². The molecular formula is C24H24F2N8O2. The molecule has 3 aromatic heterocycles. The van der Waals surface area contributed by atoms with Crippen LogP contribution in [0.15, 0.2) is 36.5 Å². The van der Waals surface area contributed by atoms with Crippen LogP contribution in [0.2, 0.25) is 0 Å². The van der Waals surface area contributed by atoms with Crippen molar-refractivity contribution >= 4 is 11.8 Å². The molecule has 1 aliphatic heterocycles. The summed E-state index contributed by atoms with van der Waals surface area (Å²) in [6, 6.07) is 8.37. The van der Waals surface area contributed by atoms with E-state index in [1.54, 1.807) is 39.3 Å². The number of halogens is 2. The van der Waals surface area contributed by atoms with Crippen LogP contribution in [-0.2, 0) is 30.8 Å². The summed E-state index contributed by atoms with van der Waals surface area (Å²) in [5.74, 6) is -0.437. The first-order chi connectivity index (χ1) is 17.5. The number of hydrogen-bond acceptors (Lipinski definition) is 8. The minimum Gasteiger partial charge on any atom is -0.460 e. The van der Waals surface area contributed by atoms with Gasteiger partial charge in [-0.05, 0) is 25.5 Å². The Kier molecular flexibility index (Phi) is 6.40. The lowest BCUT2D eigenvalue weighted by Crippen LogP contribution is -2.36. The average molecular weight is 495 g/mol. The molecule has 0 N–H and O–H groups in total. The number of carbonyl (C=O) groups is 1. The van der Waals surface area contributed by atoms with E-state index >= 15 is 0 Å². The van der Waals surface area contributed by atoms with Crippen LogP contribution >= 0.6 is 0 Å². The summed E-state index contributed by atoms with van der Waals surface area (Å²) in [5, 5.41) is 12.6. The number of fused-ring (bicyclic) bond motifs is 1. The van der Waals surface area contributed by atoms with E-state index in [0.29, 0.717) is 36.6 Å². The van der Waals surface area contributed by atoms with Crippen molar-refractivity contribution in [2.75, 3.05) is 18.1 Å². The van der Waals surface area contributed by atoms with Gasteiger partial charge in [0.25, 0.3) is 0 Å². The average Bonchev–Trinajstić information content (AvgIpc) is 3.49. The van der Waals surface area contributed by atoms with Gasteiger partial charge in [0.2, 0.25) is 5.82 Å². The highest BCUT2D eigenvalue weighted by molar-refractivity contribution is 5.85. The fourth-order valence-electron chi connectivity index (χ4n) is 4.16. The van der Waals surface area contributed by atoms with E-state index in [0.717, 1.165) is 11.9 Å². The second kappa shape index (κ2) is 9.80. The number of rotatable bonds is 7. The lowest BCUT2D eigenvalue weighted by Gasteiger charge is -2.28. The summed E-state index contributed by atoms with van der Waals surface area (Å²) in [7, 11) is 0. The summed E-state index contributed by atoms with van der Waals surface area (Å²) in [6.07, 6.45) is 1.78. The lowest BCUT2D eigenvalue weighted by atomic mass is 10.2. The molecule has 0 aliphatic carbocycles. The van der Waals surface area contributed by atoms with Crippen molar-refractivity contribution in [1.82, 2.24) is 34.5 Å². The van der Waals surface area contributed by atoms with Crippen molar-refractivity contribution in [2.24, 2.45) is 0 Å². The predicted octanol–water partition coefficient (Wildman–Crippen LogP) is 3.02. The first kappa shape index (κ1) is 23.5. The van der Waals surface area contributed by atoms with Gasteiger partial charge in [-0.2, -0.15) is 5.10 Å². The van der Waals surface area contributed by atoms with Gasteiger partial charge in [0.05, 0.1) is 25.9 Å². The molecule has 0 radical (unpaired) electrons. The van der Waals surface area contributed by atoms with Crippen molar-refractivity contribution in [1.29, 1.82) is 0 Å². The van der Waals surface area contributed by atoms with E-state index in [9.17, 15) is 13.6 Å². The van der Waals surface area contributed by atoms with E-state index in [4.69, 9.17) is 4.74 Å². The molecule has 0 unspecified atom stereocenters. The Morgan fingerprint density at radius 2 is 1.94 bits per heavy atom. The Labute approximate surface area is 205 Å². The van der Waals surface area contributed by atoms with Crippen molar-refractivity contribution in [2.45, 2.75) is 39.9 Å². The number of carbonyl (C=O) groups excluding carboxylic acids is 1. The third-order valence-electron chi connectivity index (χ3n) is 5.97. The normalized spacial score (nSPS) is 13.1. The molecule has 0 fully saturated rings. The summed E-state index contributed by atoms with van der Waals surface area (Å²) in [4.78, 5) is 22.4. The maximum absolute atomic E-state index is 14.8. The summed E-state index contributed by atoms with van der Waals surface area (Å²) < 4.78 is 37.4.